The van der Waals surface area contributed by atoms with Crippen LogP contribution in [0.1, 0.15) is 40.5 Å². The lowest BCUT2D eigenvalue weighted by Crippen LogP contribution is -2.57. The molecule has 2 unspecified atom stereocenters. The van der Waals surface area contributed by atoms with Crippen LogP contribution in [0.2, 0.25) is 0 Å². The van der Waals surface area contributed by atoms with Crippen molar-refractivity contribution in [1.82, 2.24) is 0 Å². The maximum absolute atomic E-state index is 11.4. The zero-order valence-corrected chi connectivity index (χ0v) is 14.4. The van der Waals surface area contributed by atoms with Crippen molar-refractivity contribution in [2.45, 2.75) is 70.3 Å². The van der Waals surface area contributed by atoms with E-state index in [0.29, 0.717) is 6.61 Å². The molecule has 0 bridgehead atoms. The molecule has 0 aromatic carbocycles. The van der Waals surface area contributed by atoms with Gasteiger partial charge in [0.25, 0.3) is 0 Å². The number of unbranched alkanes of at least 4 members (excludes halogenated alkanes) is 1. The number of rotatable bonds is 8. The first-order chi connectivity index (χ1) is 10.5. The fraction of sp³-hybridized carbons (Fsp3) is 0.929. The third kappa shape index (κ3) is 5.35. The number of carbonyl (C=O) groups is 1. The molecular formula is C14H25N3O4S. The van der Waals surface area contributed by atoms with E-state index in [4.69, 9.17) is 19.7 Å². The Morgan fingerprint density at radius 2 is 2.14 bits per heavy atom. The molecule has 1 fully saturated rings. The van der Waals surface area contributed by atoms with Gasteiger partial charge in [-0.25, -0.2) is 0 Å². The molecule has 0 aromatic heterocycles. The number of azide groups is 1. The standard InChI is InChI=1S/C14H25N3O4S/c1-5-7-8-19-12-11(16-17-15)9(3)20-14(22-6-2)13(12)21-10(4)18/h9,11-14H,5-8H2,1-4H3/t9?,11-,12?,13-,14-/m1/s1. The Labute approximate surface area is 135 Å². The average molecular weight is 331 g/mol. The van der Waals surface area contributed by atoms with Crippen molar-refractivity contribution < 1.29 is 19.0 Å². The van der Waals surface area contributed by atoms with Gasteiger partial charge in [-0.05, 0) is 24.6 Å². The predicted molar refractivity (Wildman–Crippen MR) is 85.6 cm³/mol. The highest BCUT2D eigenvalue weighted by molar-refractivity contribution is 7.99. The van der Waals surface area contributed by atoms with Crippen LogP contribution in [0.3, 0.4) is 0 Å². The smallest absolute Gasteiger partial charge is 0.303 e. The topological polar surface area (TPSA) is 93.5 Å². The highest BCUT2D eigenvalue weighted by Crippen LogP contribution is 2.33. The predicted octanol–water partition coefficient (Wildman–Crippen LogP) is 3.28. The van der Waals surface area contributed by atoms with Crippen LogP contribution >= 0.6 is 11.8 Å². The van der Waals surface area contributed by atoms with E-state index in [1.807, 2.05) is 13.8 Å². The van der Waals surface area contributed by atoms with Gasteiger partial charge in [0.2, 0.25) is 0 Å². The van der Waals surface area contributed by atoms with E-state index >= 15 is 0 Å². The van der Waals surface area contributed by atoms with E-state index in [2.05, 4.69) is 16.9 Å². The van der Waals surface area contributed by atoms with E-state index < -0.39 is 24.2 Å². The molecule has 0 spiro atoms. The lowest BCUT2D eigenvalue weighted by molar-refractivity contribution is -0.190. The third-order valence-corrected chi connectivity index (χ3v) is 4.43. The first-order valence-electron chi connectivity index (χ1n) is 7.65. The second-order valence-corrected chi connectivity index (χ2v) is 6.50. The van der Waals surface area contributed by atoms with Crippen molar-refractivity contribution in [1.29, 1.82) is 0 Å². The number of carbonyl (C=O) groups excluding carboxylic acids is 1. The Kier molecular flexibility index (Phi) is 8.63. The molecule has 0 amide bonds. The molecule has 0 radical (unpaired) electrons. The maximum Gasteiger partial charge on any atom is 0.303 e. The quantitative estimate of drug-likeness (QED) is 0.224. The van der Waals surface area contributed by atoms with Crippen LogP contribution in [0.4, 0.5) is 0 Å². The van der Waals surface area contributed by atoms with Crippen molar-refractivity contribution in [3.63, 3.8) is 0 Å². The molecule has 7 nitrogen and oxygen atoms in total. The molecule has 126 valence electrons. The van der Waals surface area contributed by atoms with Crippen molar-refractivity contribution in [3.05, 3.63) is 10.4 Å². The summed E-state index contributed by atoms with van der Waals surface area (Å²) in [6, 6.07) is -0.514. The summed E-state index contributed by atoms with van der Waals surface area (Å²) in [5.74, 6) is 0.428. The van der Waals surface area contributed by atoms with Crippen LogP contribution in [0.25, 0.3) is 10.4 Å². The largest absolute Gasteiger partial charge is 0.456 e. The van der Waals surface area contributed by atoms with Crippen LogP contribution in [0.5, 0.6) is 0 Å². The summed E-state index contributed by atoms with van der Waals surface area (Å²) in [5.41, 5.74) is 8.48. The van der Waals surface area contributed by atoms with Crippen LogP contribution in [0, 0.1) is 0 Å². The summed E-state index contributed by atoms with van der Waals surface area (Å²) in [5, 5.41) is 3.81. The SMILES string of the molecule is CCCCOC1[C@H](N=[N+]=[N-])C(C)O[C@H](SCC)[C@@H]1OC(C)=O. The number of hydrogen-bond acceptors (Lipinski definition) is 6. The van der Waals surface area contributed by atoms with E-state index in [-0.39, 0.29) is 11.5 Å². The average Bonchev–Trinajstić information content (AvgIpc) is 2.46. The lowest BCUT2D eigenvalue weighted by Gasteiger charge is -2.43. The first-order valence-corrected chi connectivity index (χ1v) is 8.70. The molecular weight excluding hydrogens is 306 g/mol. The van der Waals surface area contributed by atoms with Crippen molar-refractivity contribution in [2.75, 3.05) is 12.4 Å². The summed E-state index contributed by atoms with van der Waals surface area (Å²) >= 11 is 1.55. The van der Waals surface area contributed by atoms with Gasteiger partial charge in [0, 0.05) is 18.4 Å². The molecule has 8 heteroatoms. The lowest BCUT2D eigenvalue weighted by atomic mass is 9.98. The molecule has 0 N–H and O–H groups in total. The van der Waals surface area contributed by atoms with Gasteiger partial charge in [0.05, 0.1) is 12.1 Å². The number of nitrogens with zero attached hydrogens (tertiary/aromatic N) is 3. The second kappa shape index (κ2) is 9.94. The van der Waals surface area contributed by atoms with Crippen molar-refractivity contribution >= 4 is 17.7 Å². The minimum atomic E-state index is -0.578. The monoisotopic (exact) mass is 331 g/mol. The van der Waals surface area contributed by atoms with Crippen LogP contribution in [-0.4, -0.2) is 48.1 Å². The molecule has 1 aliphatic rings. The molecule has 1 saturated heterocycles. The zero-order valence-electron chi connectivity index (χ0n) is 13.6. The summed E-state index contributed by atoms with van der Waals surface area (Å²) in [6.07, 6.45) is 0.534. The number of esters is 1. The Balaban J connectivity index is 2.99. The summed E-state index contributed by atoms with van der Waals surface area (Å²) < 4.78 is 17.2. The first kappa shape index (κ1) is 19.1. The fourth-order valence-electron chi connectivity index (χ4n) is 2.37. The van der Waals surface area contributed by atoms with Gasteiger partial charge >= 0.3 is 5.97 Å². The Bertz CT molecular complexity index is 404. The maximum atomic E-state index is 11.4. The molecule has 5 atom stereocenters. The van der Waals surface area contributed by atoms with Crippen LogP contribution < -0.4 is 0 Å². The molecule has 1 aliphatic heterocycles. The van der Waals surface area contributed by atoms with Gasteiger partial charge in [0.15, 0.2) is 6.10 Å². The minimum Gasteiger partial charge on any atom is -0.456 e. The van der Waals surface area contributed by atoms with Gasteiger partial charge in [-0.1, -0.05) is 25.4 Å². The molecule has 1 rings (SSSR count). The molecule has 1 heterocycles. The molecule has 22 heavy (non-hydrogen) atoms. The van der Waals surface area contributed by atoms with E-state index in [9.17, 15) is 4.79 Å². The van der Waals surface area contributed by atoms with E-state index in [0.717, 1.165) is 18.6 Å². The van der Waals surface area contributed by atoms with Gasteiger partial charge in [-0.15, -0.1) is 11.8 Å². The summed E-state index contributed by atoms with van der Waals surface area (Å²) in [6.45, 7) is 7.82. The van der Waals surface area contributed by atoms with Gasteiger partial charge < -0.3 is 14.2 Å². The summed E-state index contributed by atoms with van der Waals surface area (Å²) in [4.78, 5) is 14.3. The van der Waals surface area contributed by atoms with E-state index in [1.165, 1.54) is 6.92 Å². The molecule has 0 aromatic rings. The molecule has 0 saturated carbocycles. The highest BCUT2D eigenvalue weighted by atomic mass is 32.2. The van der Waals surface area contributed by atoms with Crippen LogP contribution in [0.15, 0.2) is 5.11 Å². The molecule has 0 aliphatic carbocycles. The Hall–Kier alpha value is -0.950. The highest BCUT2D eigenvalue weighted by Gasteiger charge is 2.46. The normalized spacial score (nSPS) is 31.4. The zero-order chi connectivity index (χ0) is 16.5. The van der Waals surface area contributed by atoms with Crippen molar-refractivity contribution in [3.8, 4) is 0 Å². The van der Waals surface area contributed by atoms with E-state index in [1.54, 1.807) is 11.8 Å². The van der Waals surface area contributed by atoms with Crippen LogP contribution in [-0.2, 0) is 19.0 Å². The number of hydrogen-bond donors (Lipinski definition) is 0. The fourth-order valence-corrected chi connectivity index (χ4v) is 3.36. The van der Waals surface area contributed by atoms with Crippen molar-refractivity contribution in [2.24, 2.45) is 5.11 Å². The van der Waals surface area contributed by atoms with Gasteiger partial charge in [-0.2, -0.15) is 0 Å². The Morgan fingerprint density at radius 3 is 2.68 bits per heavy atom. The number of thioether (sulfide) groups is 1. The Morgan fingerprint density at radius 1 is 1.41 bits per heavy atom. The number of ether oxygens (including phenoxy) is 3. The van der Waals surface area contributed by atoms with Gasteiger partial charge in [0.1, 0.15) is 11.5 Å². The minimum absolute atomic E-state index is 0.293. The van der Waals surface area contributed by atoms with Gasteiger partial charge in [-0.3, -0.25) is 4.79 Å². The summed E-state index contributed by atoms with van der Waals surface area (Å²) in [7, 11) is 0. The second-order valence-electron chi connectivity index (χ2n) is 5.12. The third-order valence-electron chi connectivity index (χ3n) is 3.38.